The summed E-state index contributed by atoms with van der Waals surface area (Å²) in [6.07, 6.45) is 1.46. The summed E-state index contributed by atoms with van der Waals surface area (Å²) in [6.45, 7) is 17.7. The summed E-state index contributed by atoms with van der Waals surface area (Å²) in [7, 11) is 0. The number of hydrogen-bond donors (Lipinski definition) is 2. The number of halogens is 1. The molecule has 4 aromatic heterocycles. The van der Waals surface area contributed by atoms with Gasteiger partial charge in [0, 0.05) is 90.9 Å². The molecule has 0 radical (unpaired) electrons. The highest BCUT2D eigenvalue weighted by Crippen LogP contribution is 2.35. The Kier molecular flexibility index (Phi) is 16.3. The molecule has 1 fully saturated rings. The number of aryl methyl sites for hydroxylation is 6. The summed E-state index contributed by atoms with van der Waals surface area (Å²) in [6, 6.07) is 27.2. The molecule has 0 saturated carbocycles. The first-order valence-electron chi connectivity index (χ1n) is 24.6. The van der Waals surface area contributed by atoms with E-state index in [0.717, 1.165) is 97.5 Å². The topological polar surface area (TPSA) is 130 Å². The van der Waals surface area contributed by atoms with Crippen LogP contribution in [0.5, 0.6) is 5.75 Å². The molecule has 1 saturated heterocycles. The molecule has 1 aliphatic heterocycles. The van der Waals surface area contributed by atoms with E-state index in [2.05, 4.69) is 110 Å². The average molecular weight is 970 g/mol. The molecule has 0 unspecified atom stereocenters. The van der Waals surface area contributed by atoms with Crippen molar-refractivity contribution in [2.24, 2.45) is 0 Å². The van der Waals surface area contributed by atoms with Crippen LogP contribution in [0.15, 0.2) is 88.8 Å². The molecule has 15 heteroatoms. The van der Waals surface area contributed by atoms with E-state index in [1.165, 1.54) is 49.4 Å². The lowest BCUT2D eigenvalue weighted by Crippen LogP contribution is -2.38. The number of aromatic nitrogens is 4. The Bertz CT molecular complexity index is 3020. The van der Waals surface area contributed by atoms with Crippen molar-refractivity contribution in [3.05, 3.63) is 124 Å². The molecular weight excluding hydrogens is 906 g/mol. The van der Waals surface area contributed by atoms with Crippen molar-refractivity contribution in [1.29, 1.82) is 0 Å². The Labute approximate surface area is 412 Å². The van der Waals surface area contributed by atoms with Gasteiger partial charge in [0.05, 0.1) is 62.9 Å². The standard InChI is InChI=1S/C55H64FN7O6S/c1-5-62-48-12-6-41(31-45(48)44-11-9-42(34-50(44)62)52-30-37(2)36-70-52)35-57-17-24-66-29-28-65-23-16-54(64)58-18-25-68-51-14-7-40(32-46(51)56)8-15-53-59-47-33-43(55-38(3)60-69-39(55)4)10-13-49(47)63(53)20-19-61-21-26-67-27-22-61/h6-7,9-14,30-34,36,57H,5,8,15-29,35H2,1-4H3,(H,58,64). The predicted molar refractivity (Wildman–Crippen MR) is 275 cm³/mol. The van der Waals surface area contributed by atoms with Gasteiger partial charge in [0.15, 0.2) is 11.6 Å². The molecule has 4 aromatic carbocycles. The summed E-state index contributed by atoms with van der Waals surface area (Å²) < 4.78 is 48.1. The number of carbonyl (C=O) groups excluding carboxylic acids is 1. The fourth-order valence-electron chi connectivity index (χ4n) is 9.45. The van der Waals surface area contributed by atoms with Crippen LogP contribution >= 0.6 is 11.3 Å². The van der Waals surface area contributed by atoms with Gasteiger partial charge in [0.2, 0.25) is 5.91 Å². The normalized spacial score (nSPS) is 13.3. The Morgan fingerprint density at radius 2 is 1.60 bits per heavy atom. The number of amides is 1. The van der Waals surface area contributed by atoms with Crippen LogP contribution in [0.2, 0.25) is 0 Å². The van der Waals surface area contributed by atoms with Crippen molar-refractivity contribution in [3.8, 4) is 27.3 Å². The quantitative estimate of drug-likeness (QED) is 0.0566. The third-order valence-corrected chi connectivity index (χ3v) is 14.2. The second-order valence-electron chi connectivity index (χ2n) is 18.0. The van der Waals surface area contributed by atoms with Crippen molar-refractivity contribution in [3.63, 3.8) is 0 Å². The molecule has 9 rings (SSSR count). The minimum absolute atomic E-state index is 0.141. The molecule has 368 valence electrons. The lowest BCUT2D eigenvalue weighted by atomic mass is 10.0. The van der Waals surface area contributed by atoms with Crippen LogP contribution in [-0.2, 0) is 51.5 Å². The highest BCUT2D eigenvalue weighted by atomic mass is 32.1. The lowest BCUT2D eigenvalue weighted by Gasteiger charge is -2.27. The number of hydrogen-bond acceptors (Lipinski definition) is 11. The number of rotatable bonds is 24. The van der Waals surface area contributed by atoms with Crippen molar-refractivity contribution in [2.45, 2.75) is 66.6 Å². The van der Waals surface area contributed by atoms with Gasteiger partial charge >= 0.3 is 0 Å². The first-order chi connectivity index (χ1) is 34.2. The summed E-state index contributed by atoms with van der Waals surface area (Å²) in [5.41, 5.74) is 12.0. The molecule has 0 bridgehead atoms. The molecule has 0 spiro atoms. The number of imidazole rings is 1. The van der Waals surface area contributed by atoms with E-state index in [9.17, 15) is 4.79 Å². The maximum Gasteiger partial charge on any atom is 0.222 e. The Morgan fingerprint density at radius 3 is 2.39 bits per heavy atom. The lowest BCUT2D eigenvalue weighted by molar-refractivity contribution is -0.122. The van der Waals surface area contributed by atoms with Gasteiger partial charge in [-0.1, -0.05) is 35.5 Å². The average Bonchev–Trinajstić information content (AvgIpc) is 4.14. The molecular formula is C55H64FN7O6S. The van der Waals surface area contributed by atoms with Gasteiger partial charge in [-0.25, -0.2) is 9.37 Å². The second kappa shape index (κ2) is 23.3. The van der Waals surface area contributed by atoms with E-state index < -0.39 is 5.82 Å². The number of nitrogens with zero attached hydrogens (tertiary/aromatic N) is 5. The molecule has 0 atom stereocenters. The van der Waals surface area contributed by atoms with Crippen LogP contribution in [0.1, 0.15) is 47.3 Å². The maximum absolute atomic E-state index is 15.3. The monoisotopic (exact) mass is 969 g/mol. The van der Waals surface area contributed by atoms with E-state index in [1.807, 2.05) is 19.9 Å². The van der Waals surface area contributed by atoms with E-state index in [1.54, 1.807) is 17.4 Å². The largest absolute Gasteiger partial charge is 0.489 e. The zero-order chi connectivity index (χ0) is 48.4. The summed E-state index contributed by atoms with van der Waals surface area (Å²) in [4.78, 5) is 21.2. The van der Waals surface area contributed by atoms with Gasteiger partial charge in [-0.15, -0.1) is 11.3 Å². The summed E-state index contributed by atoms with van der Waals surface area (Å²) in [5, 5.41) is 15.2. The van der Waals surface area contributed by atoms with Gasteiger partial charge in [0.1, 0.15) is 18.2 Å². The zero-order valence-electron chi connectivity index (χ0n) is 40.8. The van der Waals surface area contributed by atoms with Gasteiger partial charge in [-0.2, -0.15) is 0 Å². The van der Waals surface area contributed by atoms with E-state index in [0.29, 0.717) is 39.2 Å². The predicted octanol–water partition coefficient (Wildman–Crippen LogP) is 9.44. The van der Waals surface area contributed by atoms with Crippen molar-refractivity contribution in [2.75, 3.05) is 79.0 Å². The molecule has 2 N–H and O–H groups in total. The molecule has 70 heavy (non-hydrogen) atoms. The smallest absolute Gasteiger partial charge is 0.222 e. The first-order valence-corrected chi connectivity index (χ1v) is 25.5. The molecule has 1 aliphatic rings. The van der Waals surface area contributed by atoms with Gasteiger partial charge in [-0.3, -0.25) is 9.69 Å². The molecule has 8 aromatic rings. The van der Waals surface area contributed by atoms with Crippen LogP contribution in [-0.4, -0.2) is 109 Å². The molecule has 1 amide bonds. The number of carbonyl (C=O) groups is 1. The van der Waals surface area contributed by atoms with Crippen LogP contribution in [0.3, 0.4) is 0 Å². The van der Waals surface area contributed by atoms with Gasteiger partial charge < -0.3 is 43.2 Å². The molecule has 13 nitrogen and oxygen atoms in total. The maximum atomic E-state index is 15.3. The van der Waals surface area contributed by atoms with Crippen LogP contribution < -0.4 is 15.4 Å². The highest BCUT2D eigenvalue weighted by molar-refractivity contribution is 7.13. The van der Waals surface area contributed by atoms with Crippen LogP contribution in [0, 0.1) is 26.6 Å². The van der Waals surface area contributed by atoms with Crippen molar-refractivity contribution >= 4 is 50.1 Å². The zero-order valence-corrected chi connectivity index (χ0v) is 41.6. The number of fused-ring (bicyclic) bond motifs is 4. The number of ether oxygens (including phenoxy) is 4. The van der Waals surface area contributed by atoms with Crippen molar-refractivity contribution < 1.29 is 32.7 Å². The number of nitrogens with one attached hydrogen (secondary N) is 2. The SMILES string of the molecule is CCn1c2ccc(CNCCOCCOCCC(=O)NCCOc3ccc(CCc4nc5cc(-c6c(C)noc6C)ccc5n4CCN4CCOCC4)cc3F)cc2c2ccc(-c3cc(C)cs3)cc21. The fourth-order valence-corrected chi connectivity index (χ4v) is 10.3. The van der Waals surface area contributed by atoms with Crippen LogP contribution in [0.4, 0.5) is 4.39 Å². The van der Waals surface area contributed by atoms with Crippen LogP contribution in [0.25, 0.3) is 54.4 Å². The third kappa shape index (κ3) is 11.8. The van der Waals surface area contributed by atoms with Gasteiger partial charge in [0.25, 0.3) is 0 Å². The Morgan fingerprint density at radius 1 is 0.786 bits per heavy atom. The summed E-state index contributed by atoms with van der Waals surface area (Å²) >= 11 is 1.79. The summed E-state index contributed by atoms with van der Waals surface area (Å²) in [5.74, 6) is 1.29. The third-order valence-electron chi connectivity index (χ3n) is 13.1. The van der Waals surface area contributed by atoms with E-state index >= 15 is 4.39 Å². The second-order valence-corrected chi connectivity index (χ2v) is 18.9. The van der Waals surface area contributed by atoms with Gasteiger partial charge in [-0.05, 0) is 116 Å². The van der Waals surface area contributed by atoms with E-state index in [4.69, 9.17) is 28.5 Å². The molecule has 5 heterocycles. The first kappa shape index (κ1) is 49.1. The minimum atomic E-state index is -0.437. The van der Waals surface area contributed by atoms with E-state index in [-0.39, 0.29) is 37.8 Å². The van der Waals surface area contributed by atoms with Crippen molar-refractivity contribution in [1.82, 2.24) is 34.8 Å². The Hall–Kier alpha value is -5.94. The number of benzene rings is 4. The molecule has 0 aliphatic carbocycles. The number of morpholine rings is 1. The highest BCUT2D eigenvalue weighted by Gasteiger charge is 2.19. The fraction of sp³-hybridized carbons (Fsp3) is 0.400. The minimum Gasteiger partial charge on any atom is -0.489 e. The number of thiophene rings is 1. The Balaban J connectivity index is 0.653.